The number of nitrogens with one attached hydrogen (secondary N) is 1. The summed E-state index contributed by atoms with van der Waals surface area (Å²) in [4.78, 5) is 27.7. The number of sulfonamides is 1. The van der Waals surface area contributed by atoms with Crippen LogP contribution in [0.3, 0.4) is 0 Å². The van der Waals surface area contributed by atoms with Crippen molar-refractivity contribution in [2.24, 2.45) is 5.73 Å². The van der Waals surface area contributed by atoms with E-state index in [0.717, 1.165) is 28.4 Å². The Hall–Kier alpha value is -3.36. The number of esters is 1. The van der Waals surface area contributed by atoms with Gasteiger partial charge in [0.05, 0.1) is 29.2 Å². The number of nitriles is 1. The highest BCUT2D eigenvalue weighted by atomic mass is 32.2. The maximum Gasteiger partial charge on any atom is 0.335 e. The minimum absolute atomic E-state index is 0.00432. The van der Waals surface area contributed by atoms with E-state index in [1.165, 1.54) is 6.07 Å². The lowest BCUT2D eigenvalue weighted by Crippen LogP contribution is -2.67. The third kappa shape index (κ3) is 5.15. The average molecular weight is 537 g/mol. The van der Waals surface area contributed by atoms with Crippen molar-refractivity contribution < 1.29 is 22.7 Å². The van der Waals surface area contributed by atoms with Crippen molar-refractivity contribution >= 4 is 21.8 Å². The molecule has 0 saturated carbocycles. The smallest absolute Gasteiger partial charge is 0.335 e. The fraction of sp³-hybridized carbons (Fsp3) is 0.393. The minimum atomic E-state index is -4.31. The van der Waals surface area contributed by atoms with E-state index >= 15 is 0 Å². The molecule has 4 rings (SSSR count). The number of benzene rings is 2. The van der Waals surface area contributed by atoms with Gasteiger partial charge in [-0.3, -0.25) is 4.79 Å². The van der Waals surface area contributed by atoms with Crippen LogP contribution in [0.5, 0.6) is 0 Å². The van der Waals surface area contributed by atoms with Crippen LogP contribution in [-0.4, -0.2) is 55.8 Å². The van der Waals surface area contributed by atoms with Crippen molar-refractivity contribution in [3.05, 3.63) is 76.4 Å². The summed E-state index contributed by atoms with van der Waals surface area (Å²) in [6, 6.07) is 12.4. The lowest BCUT2D eigenvalue weighted by atomic mass is 9.80. The maximum atomic E-state index is 14.1. The number of fused-ring (bicyclic) bond motifs is 1. The van der Waals surface area contributed by atoms with Gasteiger partial charge in [-0.25, -0.2) is 13.2 Å². The Morgan fingerprint density at radius 3 is 2.76 bits per heavy atom. The maximum absolute atomic E-state index is 14.1. The summed E-state index contributed by atoms with van der Waals surface area (Å²) in [7, 11) is -4.31. The second kappa shape index (κ2) is 11.2. The number of Topliss-reactive ketones (excluding diaryl/α,β-unsaturated/α-hetero) is 1. The second-order valence-electron chi connectivity index (χ2n) is 9.69. The predicted octanol–water partition coefficient (Wildman–Crippen LogP) is 1.99. The second-order valence-corrected chi connectivity index (χ2v) is 11.6. The van der Waals surface area contributed by atoms with E-state index in [2.05, 4.69) is 5.32 Å². The van der Waals surface area contributed by atoms with E-state index in [0.29, 0.717) is 23.2 Å². The number of hydrogen-bond acceptors (Lipinski definition) is 8. The number of ketones is 1. The van der Waals surface area contributed by atoms with Gasteiger partial charge < -0.3 is 15.8 Å². The first-order chi connectivity index (χ1) is 18.1. The minimum Gasteiger partial charge on any atom is -0.464 e. The van der Waals surface area contributed by atoms with E-state index < -0.39 is 33.4 Å². The van der Waals surface area contributed by atoms with Crippen molar-refractivity contribution in [3.8, 4) is 6.07 Å². The Labute approximate surface area is 223 Å². The molecule has 9 nitrogen and oxygen atoms in total. The SMILES string of the molecule is CCOC(=O)[C@]1(C(=O)C(N)Cc2cccc(C#N)c2)CC(C)=CCN1S(=O)(=O)c1ccc2c(c1)CNCC2. The molecule has 10 heteroatoms. The molecule has 0 aliphatic carbocycles. The largest absolute Gasteiger partial charge is 0.464 e. The Morgan fingerprint density at radius 2 is 2.03 bits per heavy atom. The van der Waals surface area contributed by atoms with E-state index in [1.807, 2.05) is 6.07 Å². The van der Waals surface area contributed by atoms with Crippen LogP contribution in [0.1, 0.15) is 42.5 Å². The third-order valence-electron chi connectivity index (χ3n) is 7.09. The monoisotopic (exact) mass is 536 g/mol. The molecular weight excluding hydrogens is 504 g/mol. The predicted molar refractivity (Wildman–Crippen MR) is 141 cm³/mol. The van der Waals surface area contributed by atoms with E-state index in [1.54, 1.807) is 56.3 Å². The van der Waals surface area contributed by atoms with Gasteiger partial charge in [0, 0.05) is 19.5 Å². The normalized spacial score (nSPS) is 20.5. The van der Waals surface area contributed by atoms with E-state index in [4.69, 9.17) is 10.5 Å². The molecule has 200 valence electrons. The molecular formula is C28H32N4O5S. The van der Waals surface area contributed by atoms with Crippen LogP contribution in [0, 0.1) is 11.3 Å². The number of nitrogens with two attached hydrogens (primary N) is 1. The molecule has 0 bridgehead atoms. The Kier molecular flexibility index (Phi) is 8.13. The lowest BCUT2D eigenvalue weighted by Gasteiger charge is -2.43. The molecule has 2 aromatic rings. The van der Waals surface area contributed by atoms with Crippen LogP contribution in [0.15, 0.2) is 59.0 Å². The highest BCUT2D eigenvalue weighted by molar-refractivity contribution is 7.89. The molecule has 2 heterocycles. The van der Waals surface area contributed by atoms with Crippen molar-refractivity contribution in [3.63, 3.8) is 0 Å². The zero-order valence-corrected chi connectivity index (χ0v) is 22.4. The van der Waals surface area contributed by atoms with Crippen LogP contribution in [0.4, 0.5) is 0 Å². The van der Waals surface area contributed by atoms with Crippen LogP contribution in [-0.2, 0) is 43.7 Å². The number of rotatable bonds is 8. The number of hydrogen-bond donors (Lipinski definition) is 2. The van der Waals surface area contributed by atoms with Crippen molar-refractivity contribution in [2.75, 3.05) is 19.7 Å². The van der Waals surface area contributed by atoms with Gasteiger partial charge in [-0.2, -0.15) is 9.57 Å². The molecule has 0 amide bonds. The first-order valence-electron chi connectivity index (χ1n) is 12.6. The zero-order valence-electron chi connectivity index (χ0n) is 21.6. The highest BCUT2D eigenvalue weighted by Gasteiger charge is 2.58. The molecule has 2 aromatic carbocycles. The molecule has 0 fully saturated rings. The molecule has 0 radical (unpaired) electrons. The van der Waals surface area contributed by atoms with Crippen LogP contribution in [0.25, 0.3) is 0 Å². The standard InChI is InChI=1S/C28H32N4O5S/c1-3-37-27(34)28(26(33)25(30)14-20-5-4-6-21(13-20)17-29)16-19(2)10-12-32(28)38(35,36)24-8-7-22-9-11-31-18-23(22)15-24/h4-8,10,13,15,25,31H,3,9,11-12,14,16,18,30H2,1-2H3/t25?,28-/m1/s1. The molecule has 2 atom stereocenters. The van der Waals surface area contributed by atoms with Gasteiger partial charge >= 0.3 is 5.97 Å². The summed E-state index contributed by atoms with van der Waals surface area (Å²) in [5.74, 6) is -1.68. The zero-order chi connectivity index (χ0) is 27.5. The topological polar surface area (TPSA) is 143 Å². The number of ether oxygens (including phenoxy) is 1. The number of carbonyl (C=O) groups is 2. The van der Waals surface area contributed by atoms with Gasteiger partial charge in [0.1, 0.15) is 0 Å². The molecule has 0 spiro atoms. The third-order valence-corrected chi connectivity index (χ3v) is 8.98. The van der Waals surface area contributed by atoms with Gasteiger partial charge in [-0.15, -0.1) is 0 Å². The molecule has 3 N–H and O–H groups in total. The van der Waals surface area contributed by atoms with Crippen LogP contribution >= 0.6 is 0 Å². The van der Waals surface area contributed by atoms with Crippen molar-refractivity contribution in [1.29, 1.82) is 5.26 Å². The molecule has 1 unspecified atom stereocenters. The Bertz CT molecular complexity index is 1430. The van der Waals surface area contributed by atoms with Gasteiger partial charge in [-0.1, -0.05) is 29.8 Å². The first kappa shape index (κ1) is 27.7. The van der Waals surface area contributed by atoms with Crippen molar-refractivity contribution in [1.82, 2.24) is 9.62 Å². The molecule has 2 aliphatic heterocycles. The molecule has 38 heavy (non-hydrogen) atoms. The van der Waals surface area contributed by atoms with Crippen molar-refractivity contribution in [2.45, 2.75) is 56.1 Å². The van der Waals surface area contributed by atoms with Gasteiger partial charge in [0.15, 0.2) is 11.3 Å². The van der Waals surface area contributed by atoms with E-state index in [-0.39, 0.29) is 30.9 Å². The fourth-order valence-corrected chi connectivity index (χ4v) is 6.86. The summed E-state index contributed by atoms with van der Waals surface area (Å²) in [5, 5.41) is 12.5. The summed E-state index contributed by atoms with van der Waals surface area (Å²) < 4.78 is 34.5. The summed E-state index contributed by atoms with van der Waals surface area (Å²) in [5.41, 5.74) is 7.87. The Morgan fingerprint density at radius 1 is 1.24 bits per heavy atom. The molecule has 0 saturated heterocycles. The van der Waals surface area contributed by atoms with Crippen LogP contribution < -0.4 is 11.1 Å². The van der Waals surface area contributed by atoms with Gasteiger partial charge in [0.25, 0.3) is 0 Å². The van der Waals surface area contributed by atoms with Gasteiger partial charge in [0.2, 0.25) is 10.0 Å². The van der Waals surface area contributed by atoms with Crippen LogP contribution in [0.2, 0.25) is 0 Å². The molecule has 0 aromatic heterocycles. The highest BCUT2D eigenvalue weighted by Crippen LogP contribution is 2.37. The summed E-state index contributed by atoms with van der Waals surface area (Å²) >= 11 is 0. The molecule has 2 aliphatic rings. The lowest BCUT2D eigenvalue weighted by molar-refractivity contribution is -0.160. The summed E-state index contributed by atoms with van der Waals surface area (Å²) in [6.45, 7) is 4.48. The average Bonchev–Trinajstić information content (AvgIpc) is 2.92. The van der Waals surface area contributed by atoms with Gasteiger partial charge in [-0.05, 0) is 74.2 Å². The quantitative estimate of drug-likeness (QED) is 0.296. The summed E-state index contributed by atoms with van der Waals surface area (Å²) in [6.07, 6.45) is 2.34. The Balaban J connectivity index is 1.79. The number of nitrogens with zero attached hydrogens (tertiary/aromatic N) is 2. The first-order valence-corrected chi connectivity index (χ1v) is 14.0. The number of carbonyl (C=O) groups excluding carboxylic acids is 2. The fourth-order valence-electron chi connectivity index (χ4n) is 5.16. The van der Waals surface area contributed by atoms with E-state index in [9.17, 15) is 23.3 Å².